The average Bonchev–Trinajstić information content (AvgIpc) is 2.68. The number of carbonyl (C=O) groups is 1. The van der Waals surface area contributed by atoms with Crippen molar-refractivity contribution in [1.82, 2.24) is 5.16 Å². The first-order valence-electron chi connectivity index (χ1n) is 7.73. The van der Waals surface area contributed by atoms with E-state index in [1.54, 1.807) is 0 Å². The summed E-state index contributed by atoms with van der Waals surface area (Å²) in [5.41, 5.74) is 1.31. The lowest BCUT2D eigenvalue weighted by Gasteiger charge is -2.57. The number of hydrogen-bond donors (Lipinski definition) is 1. The maximum absolute atomic E-state index is 11.3. The topological polar surface area (TPSA) is 63.3 Å². The lowest BCUT2D eigenvalue weighted by molar-refractivity contribution is -0.0523. The van der Waals surface area contributed by atoms with Gasteiger partial charge < -0.3 is 9.63 Å². The molecule has 108 valence electrons. The molecule has 0 aliphatic heterocycles. The minimum absolute atomic E-state index is 0.137. The van der Waals surface area contributed by atoms with Gasteiger partial charge in [0, 0.05) is 5.56 Å². The van der Waals surface area contributed by atoms with Crippen LogP contribution in [0.1, 0.15) is 60.3 Å². The number of rotatable bonds is 3. The molecule has 0 radical (unpaired) electrons. The van der Waals surface area contributed by atoms with E-state index in [1.165, 1.54) is 38.5 Å². The number of carboxylic acid groups (broad SMARTS) is 1. The molecule has 4 aliphatic rings. The zero-order valence-electron chi connectivity index (χ0n) is 11.9. The third kappa shape index (κ3) is 1.80. The van der Waals surface area contributed by atoms with Gasteiger partial charge in [-0.15, -0.1) is 0 Å². The molecule has 4 saturated carbocycles. The number of hydrogen-bond acceptors (Lipinski definition) is 3. The van der Waals surface area contributed by atoms with Crippen LogP contribution in [0.2, 0.25) is 0 Å². The molecule has 1 aromatic rings. The maximum atomic E-state index is 11.3. The number of nitrogens with zero attached hydrogens (tertiary/aromatic N) is 1. The van der Waals surface area contributed by atoms with Crippen LogP contribution in [0.4, 0.5) is 0 Å². The number of aromatic nitrogens is 1. The normalized spacial score (nSPS) is 38.4. The van der Waals surface area contributed by atoms with Crippen LogP contribution in [0.15, 0.2) is 4.52 Å². The molecule has 20 heavy (non-hydrogen) atoms. The Kier molecular flexibility index (Phi) is 2.54. The van der Waals surface area contributed by atoms with E-state index < -0.39 is 5.97 Å². The first kappa shape index (κ1) is 12.4. The van der Waals surface area contributed by atoms with Gasteiger partial charge in [0.1, 0.15) is 5.76 Å². The molecule has 0 unspecified atom stereocenters. The zero-order valence-corrected chi connectivity index (χ0v) is 11.9. The molecule has 4 bridgehead atoms. The summed E-state index contributed by atoms with van der Waals surface area (Å²) in [4.78, 5) is 11.3. The van der Waals surface area contributed by atoms with Crippen molar-refractivity contribution in [3.8, 4) is 0 Å². The number of aromatic carboxylic acids is 1. The number of carboxylic acids is 1. The fourth-order valence-electron chi connectivity index (χ4n) is 5.65. The first-order valence-corrected chi connectivity index (χ1v) is 7.73. The largest absolute Gasteiger partial charge is 0.476 e. The van der Waals surface area contributed by atoms with Gasteiger partial charge in [-0.1, -0.05) is 5.16 Å². The zero-order chi connectivity index (χ0) is 13.9. The Hall–Kier alpha value is -1.32. The van der Waals surface area contributed by atoms with E-state index in [0.717, 1.165) is 29.7 Å². The molecular weight excluding hydrogens is 254 g/mol. The molecule has 0 spiro atoms. The van der Waals surface area contributed by atoms with E-state index in [9.17, 15) is 9.90 Å². The third-order valence-electron chi connectivity index (χ3n) is 5.90. The second-order valence-corrected chi connectivity index (χ2v) is 7.47. The average molecular weight is 275 g/mol. The predicted octanol–water partition coefficient (Wildman–Crippen LogP) is 3.44. The summed E-state index contributed by atoms with van der Waals surface area (Å²) in [5.74, 6) is 2.39. The Morgan fingerprint density at radius 1 is 1.25 bits per heavy atom. The van der Waals surface area contributed by atoms with Crippen LogP contribution >= 0.6 is 0 Å². The van der Waals surface area contributed by atoms with Crippen LogP contribution in [-0.4, -0.2) is 16.2 Å². The minimum Gasteiger partial charge on any atom is -0.476 e. The number of aryl methyl sites for hydroxylation is 1. The van der Waals surface area contributed by atoms with E-state index >= 15 is 0 Å². The molecule has 1 N–H and O–H groups in total. The smallest absolute Gasteiger partial charge is 0.358 e. The molecule has 0 aromatic carbocycles. The lowest BCUT2D eigenvalue weighted by Crippen LogP contribution is -2.47. The van der Waals surface area contributed by atoms with Gasteiger partial charge in [-0.05, 0) is 75.0 Å². The Bertz CT molecular complexity index is 525. The van der Waals surface area contributed by atoms with E-state index in [4.69, 9.17) is 4.52 Å². The predicted molar refractivity (Wildman–Crippen MR) is 72.5 cm³/mol. The van der Waals surface area contributed by atoms with Gasteiger partial charge >= 0.3 is 5.97 Å². The van der Waals surface area contributed by atoms with Crippen LogP contribution in [0.5, 0.6) is 0 Å². The summed E-state index contributed by atoms with van der Waals surface area (Å²) in [6.07, 6.45) is 8.93. The molecule has 1 aromatic heterocycles. The Labute approximate surface area is 118 Å². The van der Waals surface area contributed by atoms with E-state index in [-0.39, 0.29) is 5.69 Å². The second-order valence-electron chi connectivity index (χ2n) is 7.47. The molecule has 4 aliphatic carbocycles. The van der Waals surface area contributed by atoms with Gasteiger partial charge in [0.25, 0.3) is 0 Å². The highest BCUT2D eigenvalue weighted by molar-refractivity contribution is 5.87. The van der Waals surface area contributed by atoms with Gasteiger partial charge in [0.2, 0.25) is 0 Å². The first-order chi connectivity index (χ1) is 9.55. The summed E-state index contributed by atoms with van der Waals surface area (Å²) in [6.45, 7) is 1.84. The van der Waals surface area contributed by atoms with Gasteiger partial charge in [-0.3, -0.25) is 0 Å². The van der Waals surface area contributed by atoms with Crippen LogP contribution in [0.25, 0.3) is 0 Å². The Balaban J connectivity index is 1.66. The minimum atomic E-state index is -0.957. The van der Waals surface area contributed by atoms with E-state index in [1.807, 2.05) is 6.92 Å². The highest BCUT2D eigenvalue weighted by Gasteiger charge is 2.51. The Morgan fingerprint density at radius 3 is 2.30 bits per heavy atom. The molecule has 4 heteroatoms. The van der Waals surface area contributed by atoms with Crippen molar-refractivity contribution < 1.29 is 14.4 Å². The van der Waals surface area contributed by atoms with Gasteiger partial charge in [-0.2, -0.15) is 0 Å². The third-order valence-corrected chi connectivity index (χ3v) is 5.90. The summed E-state index contributed by atoms with van der Waals surface area (Å²) in [6, 6.07) is 0. The fraction of sp³-hybridized carbons (Fsp3) is 0.750. The van der Waals surface area contributed by atoms with Crippen LogP contribution < -0.4 is 0 Å². The van der Waals surface area contributed by atoms with Crippen molar-refractivity contribution in [1.29, 1.82) is 0 Å². The summed E-state index contributed by atoms with van der Waals surface area (Å²) >= 11 is 0. The van der Waals surface area contributed by atoms with E-state index in [2.05, 4.69) is 5.16 Å². The molecule has 0 atom stereocenters. The van der Waals surface area contributed by atoms with Crippen molar-refractivity contribution in [2.75, 3.05) is 0 Å². The molecular formula is C16H21NO3. The monoisotopic (exact) mass is 275 g/mol. The molecule has 1 heterocycles. The molecule has 5 rings (SSSR count). The molecule has 4 fully saturated rings. The summed E-state index contributed by atoms with van der Waals surface area (Å²) < 4.78 is 5.14. The quantitative estimate of drug-likeness (QED) is 0.917. The summed E-state index contributed by atoms with van der Waals surface area (Å²) in [5, 5.41) is 13.0. The second kappa shape index (κ2) is 4.09. The SMILES string of the molecule is Cc1onc(C(=O)O)c1CC12CC3CC(CC(C3)C1)C2. The fourth-order valence-corrected chi connectivity index (χ4v) is 5.65. The molecule has 0 amide bonds. The van der Waals surface area contributed by atoms with Crippen LogP contribution in [0, 0.1) is 30.1 Å². The molecule has 0 saturated heterocycles. The van der Waals surface area contributed by atoms with Crippen molar-refractivity contribution in [3.05, 3.63) is 17.0 Å². The van der Waals surface area contributed by atoms with Crippen molar-refractivity contribution in [2.45, 2.75) is 51.9 Å². The molecule has 4 nitrogen and oxygen atoms in total. The van der Waals surface area contributed by atoms with Crippen LogP contribution in [0.3, 0.4) is 0 Å². The van der Waals surface area contributed by atoms with Crippen molar-refractivity contribution in [2.24, 2.45) is 23.2 Å². The lowest BCUT2D eigenvalue weighted by atomic mass is 9.48. The van der Waals surface area contributed by atoms with Crippen molar-refractivity contribution >= 4 is 5.97 Å². The van der Waals surface area contributed by atoms with Crippen molar-refractivity contribution in [3.63, 3.8) is 0 Å². The highest BCUT2D eigenvalue weighted by Crippen LogP contribution is 2.61. The van der Waals surface area contributed by atoms with Gasteiger partial charge in [-0.25, -0.2) is 4.79 Å². The maximum Gasteiger partial charge on any atom is 0.358 e. The Morgan fingerprint density at radius 2 is 1.80 bits per heavy atom. The van der Waals surface area contributed by atoms with Gasteiger partial charge in [0.15, 0.2) is 5.69 Å². The standard InChI is InChI=1S/C16H21NO3/c1-9-13(14(15(18)19)17-20-9)8-16-5-10-2-11(6-16)4-12(3-10)7-16/h10-12H,2-8H2,1H3,(H,18,19). The van der Waals surface area contributed by atoms with Crippen LogP contribution in [-0.2, 0) is 6.42 Å². The summed E-state index contributed by atoms with van der Waals surface area (Å²) in [7, 11) is 0. The highest BCUT2D eigenvalue weighted by atomic mass is 16.5. The van der Waals surface area contributed by atoms with Gasteiger partial charge in [0.05, 0.1) is 0 Å². The van der Waals surface area contributed by atoms with E-state index in [0.29, 0.717) is 11.2 Å².